The zero-order valence-corrected chi connectivity index (χ0v) is 15.2. The normalized spacial score (nSPS) is 10.8. The van der Waals surface area contributed by atoms with Gasteiger partial charge in [0.1, 0.15) is 5.82 Å². The Morgan fingerprint density at radius 2 is 1.75 bits per heavy atom. The van der Waals surface area contributed by atoms with E-state index in [0.29, 0.717) is 23.5 Å². The third-order valence-corrected chi connectivity index (χ3v) is 4.48. The number of amides is 1. The fraction of sp³-hybridized carbons (Fsp3) is 0.0952. The van der Waals surface area contributed by atoms with E-state index in [2.05, 4.69) is 15.5 Å². The molecule has 2 heterocycles. The van der Waals surface area contributed by atoms with E-state index in [4.69, 9.17) is 0 Å². The van der Waals surface area contributed by atoms with Gasteiger partial charge in [0.25, 0.3) is 5.91 Å². The van der Waals surface area contributed by atoms with E-state index < -0.39 is 0 Å². The molecule has 1 amide bonds. The number of halogens is 1. The van der Waals surface area contributed by atoms with Crippen LogP contribution in [-0.2, 0) is 6.54 Å². The molecule has 0 saturated carbocycles. The zero-order valence-electron chi connectivity index (χ0n) is 15.2. The van der Waals surface area contributed by atoms with Crippen molar-refractivity contribution in [2.45, 2.75) is 13.5 Å². The maximum Gasteiger partial charge on any atom is 0.255 e. The molecule has 0 aliphatic heterocycles. The summed E-state index contributed by atoms with van der Waals surface area (Å²) in [5, 5.41) is 11.4. The number of benzene rings is 2. The van der Waals surface area contributed by atoms with Crippen molar-refractivity contribution in [2.75, 3.05) is 0 Å². The summed E-state index contributed by atoms with van der Waals surface area (Å²) in [6, 6.07) is 15.6. The third kappa shape index (κ3) is 3.55. The fourth-order valence-corrected chi connectivity index (χ4v) is 2.94. The monoisotopic (exact) mass is 375 g/mol. The molecule has 0 fully saturated rings. The predicted octanol–water partition coefficient (Wildman–Crippen LogP) is 3.44. The number of hydrogen-bond acceptors (Lipinski definition) is 3. The molecule has 28 heavy (non-hydrogen) atoms. The van der Waals surface area contributed by atoms with Gasteiger partial charge in [-0.2, -0.15) is 10.2 Å². The van der Waals surface area contributed by atoms with Crippen molar-refractivity contribution in [3.05, 3.63) is 95.8 Å². The van der Waals surface area contributed by atoms with Gasteiger partial charge in [-0.1, -0.05) is 12.1 Å². The highest BCUT2D eigenvalue weighted by molar-refractivity contribution is 5.95. The molecule has 0 aliphatic rings. The van der Waals surface area contributed by atoms with Gasteiger partial charge in [-0.15, -0.1) is 0 Å². The van der Waals surface area contributed by atoms with Crippen molar-refractivity contribution in [1.29, 1.82) is 0 Å². The highest BCUT2D eigenvalue weighted by atomic mass is 19.1. The minimum absolute atomic E-state index is 0.206. The highest BCUT2D eigenvalue weighted by Gasteiger charge is 2.15. The second-order valence-corrected chi connectivity index (χ2v) is 6.33. The summed E-state index contributed by atoms with van der Waals surface area (Å²) in [4.78, 5) is 12.6. The molecular formula is C21H18FN5O. The largest absolute Gasteiger partial charge is 0.348 e. The van der Waals surface area contributed by atoms with Gasteiger partial charge in [0.05, 0.1) is 28.8 Å². The van der Waals surface area contributed by atoms with Crippen molar-refractivity contribution in [2.24, 2.45) is 0 Å². The third-order valence-electron chi connectivity index (χ3n) is 4.48. The van der Waals surface area contributed by atoms with Crippen LogP contribution in [0.4, 0.5) is 4.39 Å². The molecule has 0 atom stereocenters. The van der Waals surface area contributed by atoms with E-state index >= 15 is 0 Å². The summed E-state index contributed by atoms with van der Waals surface area (Å²) in [5.41, 5.74) is 3.81. The minimum atomic E-state index is -0.315. The Kier molecular flexibility index (Phi) is 4.72. The Hall–Kier alpha value is -3.74. The Morgan fingerprint density at radius 1 is 1.04 bits per heavy atom. The van der Waals surface area contributed by atoms with Crippen LogP contribution in [0.2, 0.25) is 0 Å². The molecule has 6 nitrogen and oxygen atoms in total. The average molecular weight is 375 g/mol. The van der Waals surface area contributed by atoms with Crippen LogP contribution in [0.5, 0.6) is 0 Å². The lowest BCUT2D eigenvalue weighted by Crippen LogP contribution is -2.23. The van der Waals surface area contributed by atoms with Crippen molar-refractivity contribution < 1.29 is 9.18 Å². The first-order valence-corrected chi connectivity index (χ1v) is 8.79. The van der Waals surface area contributed by atoms with Crippen LogP contribution in [0.3, 0.4) is 0 Å². The van der Waals surface area contributed by atoms with Gasteiger partial charge in [-0.05, 0) is 55.0 Å². The molecule has 0 spiro atoms. The number of nitrogens with zero attached hydrogens (tertiary/aromatic N) is 4. The van der Waals surface area contributed by atoms with Crippen LogP contribution >= 0.6 is 0 Å². The number of hydrogen-bond donors (Lipinski definition) is 1. The zero-order chi connectivity index (χ0) is 19.5. The van der Waals surface area contributed by atoms with E-state index in [9.17, 15) is 9.18 Å². The van der Waals surface area contributed by atoms with Crippen molar-refractivity contribution >= 4 is 5.91 Å². The van der Waals surface area contributed by atoms with Crippen LogP contribution in [0.1, 0.15) is 21.6 Å². The first-order valence-electron chi connectivity index (χ1n) is 8.79. The van der Waals surface area contributed by atoms with Crippen LogP contribution in [0.15, 0.2) is 73.2 Å². The molecule has 4 rings (SSSR count). The first-order chi connectivity index (χ1) is 13.6. The topological polar surface area (TPSA) is 64.7 Å². The molecule has 2 aromatic carbocycles. The maximum atomic E-state index is 13.1. The van der Waals surface area contributed by atoms with E-state index in [1.54, 1.807) is 27.7 Å². The molecular weight excluding hydrogens is 357 g/mol. The van der Waals surface area contributed by atoms with E-state index in [1.807, 2.05) is 43.5 Å². The van der Waals surface area contributed by atoms with Crippen LogP contribution in [0.25, 0.3) is 11.4 Å². The van der Waals surface area contributed by atoms with E-state index in [0.717, 1.165) is 11.3 Å². The van der Waals surface area contributed by atoms with E-state index in [1.165, 1.54) is 18.3 Å². The van der Waals surface area contributed by atoms with Gasteiger partial charge in [0, 0.05) is 18.9 Å². The second-order valence-electron chi connectivity index (χ2n) is 6.33. The fourth-order valence-electron chi connectivity index (χ4n) is 2.94. The predicted molar refractivity (Wildman–Crippen MR) is 103 cm³/mol. The number of aromatic nitrogens is 4. The lowest BCUT2D eigenvalue weighted by molar-refractivity contribution is 0.0950. The lowest BCUT2D eigenvalue weighted by atomic mass is 10.2. The summed E-state index contributed by atoms with van der Waals surface area (Å²) in [7, 11) is 0. The number of carbonyl (C=O) groups excluding carboxylic acids is 1. The molecule has 0 unspecified atom stereocenters. The van der Waals surface area contributed by atoms with Crippen LogP contribution in [-0.4, -0.2) is 25.5 Å². The van der Waals surface area contributed by atoms with Gasteiger partial charge in [0.2, 0.25) is 0 Å². The smallest absolute Gasteiger partial charge is 0.255 e. The summed E-state index contributed by atoms with van der Waals surface area (Å²) in [5.74, 6) is -0.521. The van der Waals surface area contributed by atoms with Gasteiger partial charge < -0.3 is 5.32 Å². The summed E-state index contributed by atoms with van der Waals surface area (Å²) in [6.45, 7) is 2.21. The summed E-state index contributed by atoms with van der Waals surface area (Å²) < 4.78 is 16.5. The molecule has 0 saturated heterocycles. The summed E-state index contributed by atoms with van der Waals surface area (Å²) >= 11 is 0. The molecule has 4 aromatic rings. The van der Waals surface area contributed by atoms with Crippen LogP contribution < -0.4 is 5.32 Å². The number of rotatable bonds is 5. The molecule has 0 bridgehead atoms. The van der Waals surface area contributed by atoms with Gasteiger partial charge in [-0.25, -0.2) is 13.8 Å². The Balaban J connectivity index is 1.43. The van der Waals surface area contributed by atoms with Gasteiger partial charge in [0.15, 0.2) is 0 Å². The highest BCUT2D eigenvalue weighted by Crippen LogP contribution is 2.15. The lowest BCUT2D eigenvalue weighted by Gasteiger charge is -2.08. The molecule has 2 aromatic heterocycles. The molecule has 0 radical (unpaired) electrons. The van der Waals surface area contributed by atoms with E-state index in [-0.39, 0.29) is 11.7 Å². The van der Waals surface area contributed by atoms with Crippen molar-refractivity contribution in [3.63, 3.8) is 0 Å². The van der Waals surface area contributed by atoms with Crippen molar-refractivity contribution in [1.82, 2.24) is 24.9 Å². The average Bonchev–Trinajstić information content (AvgIpc) is 3.37. The Morgan fingerprint density at radius 3 is 2.43 bits per heavy atom. The standard InChI is InChI=1S/C21H18FN5O/c1-15-20(14-25-27(15)19-9-5-17(22)6-10-19)21(28)23-13-16-3-7-18(8-4-16)26-12-2-11-24-26/h2-12,14H,13H2,1H3,(H,23,28). The summed E-state index contributed by atoms with van der Waals surface area (Å²) in [6.07, 6.45) is 5.12. The number of carbonyl (C=O) groups is 1. The Bertz CT molecular complexity index is 1080. The first kappa shape index (κ1) is 17.7. The molecule has 7 heteroatoms. The SMILES string of the molecule is Cc1c(C(=O)NCc2ccc(-n3cccn3)cc2)cnn1-c1ccc(F)cc1. The number of nitrogens with one attached hydrogen (secondary N) is 1. The molecule has 0 aliphatic carbocycles. The van der Waals surface area contributed by atoms with Crippen molar-refractivity contribution in [3.8, 4) is 11.4 Å². The quantitative estimate of drug-likeness (QED) is 0.581. The van der Waals surface area contributed by atoms with Gasteiger partial charge in [-0.3, -0.25) is 4.79 Å². The van der Waals surface area contributed by atoms with Crippen LogP contribution in [0, 0.1) is 12.7 Å². The molecule has 140 valence electrons. The molecule has 1 N–H and O–H groups in total. The maximum absolute atomic E-state index is 13.1. The second kappa shape index (κ2) is 7.48. The Labute approximate surface area is 161 Å². The van der Waals surface area contributed by atoms with Gasteiger partial charge >= 0.3 is 0 Å². The minimum Gasteiger partial charge on any atom is -0.348 e.